The number of likely N-dealkylation sites (tertiary alicyclic amines) is 1. The SMILES string of the molecule is Cl.O=C(CCCc1nc(-c2ccc(F)cc2)no1)N1CCC(NCC2CC2)CC1. The second kappa shape index (κ2) is 10.2. The largest absolute Gasteiger partial charge is 0.343 e. The molecule has 1 aliphatic carbocycles. The van der Waals surface area contributed by atoms with Crippen LogP contribution in [0.1, 0.15) is 44.4 Å². The van der Waals surface area contributed by atoms with Crippen molar-refractivity contribution in [1.82, 2.24) is 20.4 Å². The van der Waals surface area contributed by atoms with Crippen molar-refractivity contribution in [2.24, 2.45) is 5.92 Å². The van der Waals surface area contributed by atoms with E-state index in [0.717, 1.165) is 38.4 Å². The molecule has 0 unspecified atom stereocenters. The molecule has 158 valence electrons. The minimum atomic E-state index is -0.297. The van der Waals surface area contributed by atoms with Gasteiger partial charge in [-0.05, 0) is 68.8 Å². The molecule has 1 amide bonds. The van der Waals surface area contributed by atoms with Gasteiger partial charge in [0.25, 0.3) is 0 Å². The van der Waals surface area contributed by atoms with Crippen LogP contribution in [-0.4, -0.2) is 46.6 Å². The number of nitrogens with one attached hydrogen (secondary N) is 1. The summed E-state index contributed by atoms with van der Waals surface area (Å²) in [7, 11) is 0. The van der Waals surface area contributed by atoms with Crippen molar-refractivity contribution < 1.29 is 13.7 Å². The highest BCUT2D eigenvalue weighted by Gasteiger charge is 2.25. The molecule has 0 atom stereocenters. The summed E-state index contributed by atoms with van der Waals surface area (Å²) in [6.45, 7) is 2.83. The molecular formula is C21H28ClFN4O2. The van der Waals surface area contributed by atoms with Crippen molar-refractivity contribution in [2.75, 3.05) is 19.6 Å². The Morgan fingerprint density at radius 3 is 2.59 bits per heavy atom. The quantitative estimate of drug-likeness (QED) is 0.703. The van der Waals surface area contributed by atoms with E-state index in [0.29, 0.717) is 42.6 Å². The highest BCUT2D eigenvalue weighted by molar-refractivity contribution is 5.85. The van der Waals surface area contributed by atoms with Crippen LogP contribution >= 0.6 is 12.4 Å². The van der Waals surface area contributed by atoms with Crippen molar-refractivity contribution in [3.8, 4) is 11.4 Å². The third-order valence-corrected chi connectivity index (χ3v) is 5.59. The van der Waals surface area contributed by atoms with E-state index < -0.39 is 0 Å². The van der Waals surface area contributed by atoms with Crippen molar-refractivity contribution in [2.45, 2.75) is 51.0 Å². The van der Waals surface area contributed by atoms with Crippen LogP contribution < -0.4 is 5.32 Å². The summed E-state index contributed by atoms with van der Waals surface area (Å²) < 4.78 is 18.2. The number of piperidine rings is 1. The molecule has 2 aromatic rings. The van der Waals surface area contributed by atoms with Gasteiger partial charge in [0.15, 0.2) is 0 Å². The standard InChI is InChI=1S/C21H27FN4O2.ClH/c22-17-8-6-16(7-9-17)21-24-19(28-25-21)2-1-3-20(27)26-12-10-18(11-13-26)23-14-15-4-5-15;/h6-9,15,18,23H,1-5,10-14H2;1H. The number of nitrogens with zero attached hydrogens (tertiary/aromatic N) is 3. The van der Waals surface area contributed by atoms with E-state index in [1.807, 2.05) is 4.90 Å². The van der Waals surface area contributed by atoms with E-state index in [1.165, 1.54) is 25.0 Å². The molecule has 2 fully saturated rings. The van der Waals surface area contributed by atoms with Gasteiger partial charge in [-0.25, -0.2) is 4.39 Å². The number of halogens is 2. The normalized spacial score (nSPS) is 17.2. The van der Waals surface area contributed by atoms with E-state index in [1.54, 1.807) is 12.1 Å². The van der Waals surface area contributed by atoms with E-state index in [4.69, 9.17) is 4.52 Å². The number of aromatic nitrogens is 2. The summed E-state index contributed by atoms with van der Waals surface area (Å²) in [5.74, 6) is 1.76. The van der Waals surface area contributed by atoms with Gasteiger partial charge < -0.3 is 14.7 Å². The first kappa shape index (κ1) is 21.7. The van der Waals surface area contributed by atoms with Gasteiger partial charge >= 0.3 is 0 Å². The Labute approximate surface area is 176 Å². The van der Waals surface area contributed by atoms with Crippen LogP contribution in [-0.2, 0) is 11.2 Å². The lowest BCUT2D eigenvalue weighted by Crippen LogP contribution is -2.45. The average Bonchev–Trinajstić information content (AvgIpc) is 3.44. The first-order valence-electron chi connectivity index (χ1n) is 10.3. The fourth-order valence-corrected chi connectivity index (χ4v) is 3.61. The zero-order chi connectivity index (χ0) is 19.3. The summed E-state index contributed by atoms with van der Waals surface area (Å²) in [5, 5.41) is 7.58. The van der Waals surface area contributed by atoms with Gasteiger partial charge in [-0.15, -0.1) is 12.4 Å². The molecule has 2 aliphatic rings. The lowest BCUT2D eigenvalue weighted by Gasteiger charge is -2.32. The van der Waals surface area contributed by atoms with Crippen molar-refractivity contribution >= 4 is 18.3 Å². The molecule has 1 aromatic heterocycles. The van der Waals surface area contributed by atoms with E-state index in [2.05, 4.69) is 15.5 Å². The number of aryl methyl sites for hydroxylation is 1. The Morgan fingerprint density at radius 1 is 1.17 bits per heavy atom. The zero-order valence-corrected chi connectivity index (χ0v) is 17.3. The molecule has 1 aromatic carbocycles. The van der Waals surface area contributed by atoms with Crippen LogP contribution in [0.3, 0.4) is 0 Å². The number of hydrogen-bond acceptors (Lipinski definition) is 5. The first-order valence-corrected chi connectivity index (χ1v) is 10.3. The van der Waals surface area contributed by atoms with Gasteiger partial charge in [-0.3, -0.25) is 4.79 Å². The molecule has 1 saturated carbocycles. The first-order chi connectivity index (χ1) is 13.7. The smallest absolute Gasteiger partial charge is 0.226 e. The van der Waals surface area contributed by atoms with Crippen LogP contribution in [0.4, 0.5) is 4.39 Å². The number of amides is 1. The third-order valence-electron chi connectivity index (χ3n) is 5.59. The van der Waals surface area contributed by atoms with Crippen molar-refractivity contribution in [3.05, 3.63) is 36.0 Å². The predicted octanol–water partition coefficient (Wildman–Crippen LogP) is 3.61. The molecule has 0 spiro atoms. The maximum absolute atomic E-state index is 13.0. The van der Waals surface area contributed by atoms with Gasteiger partial charge in [-0.2, -0.15) is 4.98 Å². The Morgan fingerprint density at radius 2 is 1.90 bits per heavy atom. The molecule has 1 aliphatic heterocycles. The van der Waals surface area contributed by atoms with Gasteiger partial charge in [0.05, 0.1) is 0 Å². The van der Waals surface area contributed by atoms with Crippen LogP contribution in [0.25, 0.3) is 11.4 Å². The minimum Gasteiger partial charge on any atom is -0.343 e. The molecule has 0 radical (unpaired) electrons. The highest BCUT2D eigenvalue weighted by atomic mass is 35.5. The Kier molecular flexibility index (Phi) is 7.61. The molecule has 4 rings (SSSR count). The molecule has 0 bridgehead atoms. The molecular weight excluding hydrogens is 395 g/mol. The lowest BCUT2D eigenvalue weighted by molar-refractivity contribution is -0.132. The van der Waals surface area contributed by atoms with E-state index in [9.17, 15) is 9.18 Å². The monoisotopic (exact) mass is 422 g/mol. The molecule has 1 N–H and O–H groups in total. The molecule has 29 heavy (non-hydrogen) atoms. The number of carbonyl (C=O) groups excluding carboxylic acids is 1. The maximum atomic E-state index is 13.0. The van der Waals surface area contributed by atoms with Gasteiger partial charge in [0.1, 0.15) is 5.82 Å². The van der Waals surface area contributed by atoms with Crippen LogP contribution in [0.15, 0.2) is 28.8 Å². The number of carbonyl (C=O) groups is 1. The highest BCUT2D eigenvalue weighted by Crippen LogP contribution is 2.28. The number of hydrogen-bond donors (Lipinski definition) is 1. The molecule has 1 saturated heterocycles. The maximum Gasteiger partial charge on any atom is 0.226 e. The predicted molar refractivity (Wildman–Crippen MR) is 110 cm³/mol. The van der Waals surface area contributed by atoms with Crippen molar-refractivity contribution in [3.63, 3.8) is 0 Å². The fraction of sp³-hybridized carbons (Fsp3) is 0.571. The minimum absolute atomic E-state index is 0. The Balaban J connectivity index is 0.00000240. The van der Waals surface area contributed by atoms with Gasteiger partial charge in [0, 0.05) is 37.5 Å². The topological polar surface area (TPSA) is 71.3 Å². The second-order valence-corrected chi connectivity index (χ2v) is 7.88. The zero-order valence-electron chi connectivity index (χ0n) is 16.5. The summed E-state index contributed by atoms with van der Waals surface area (Å²) >= 11 is 0. The second-order valence-electron chi connectivity index (χ2n) is 7.88. The van der Waals surface area contributed by atoms with E-state index in [-0.39, 0.29) is 24.1 Å². The summed E-state index contributed by atoms with van der Waals surface area (Å²) in [6.07, 6.45) is 6.58. The Hall–Kier alpha value is -1.99. The van der Waals surface area contributed by atoms with Crippen LogP contribution in [0.5, 0.6) is 0 Å². The summed E-state index contributed by atoms with van der Waals surface area (Å²) in [6, 6.07) is 6.55. The summed E-state index contributed by atoms with van der Waals surface area (Å²) in [5.41, 5.74) is 0.714. The lowest BCUT2D eigenvalue weighted by atomic mass is 10.0. The number of benzene rings is 1. The summed E-state index contributed by atoms with van der Waals surface area (Å²) in [4.78, 5) is 18.7. The fourth-order valence-electron chi connectivity index (χ4n) is 3.61. The third kappa shape index (κ3) is 6.24. The van der Waals surface area contributed by atoms with Crippen LogP contribution in [0.2, 0.25) is 0 Å². The van der Waals surface area contributed by atoms with Crippen molar-refractivity contribution in [1.29, 1.82) is 0 Å². The molecule has 2 heterocycles. The molecule has 6 nitrogen and oxygen atoms in total. The Bertz CT molecular complexity index is 786. The van der Waals surface area contributed by atoms with E-state index >= 15 is 0 Å². The average molecular weight is 423 g/mol. The van der Waals surface area contributed by atoms with Gasteiger partial charge in [-0.1, -0.05) is 5.16 Å². The van der Waals surface area contributed by atoms with Crippen LogP contribution in [0, 0.1) is 11.7 Å². The molecule has 8 heteroatoms. The number of rotatable bonds is 8. The van der Waals surface area contributed by atoms with Gasteiger partial charge in [0.2, 0.25) is 17.6 Å².